The van der Waals surface area contributed by atoms with E-state index in [1.54, 1.807) is 0 Å². The highest BCUT2D eigenvalue weighted by Crippen LogP contribution is 2.52. The minimum Gasteiger partial charge on any atom is -0.310 e. The SMILES string of the molecule is CC1(C)c2cc(-c3ccc(N(c4ccccc4)c4ccccc4)c4ccccc34)ccc2-c2ccc(N(c3ccccc3)c3ccccc3)cc21. The van der Waals surface area contributed by atoms with E-state index in [0.717, 1.165) is 34.1 Å². The van der Waals surface area contributed by atoms with Crippen LogP contribution in [0.15, 0.2) is 194 Å². The van der Waals surface area contributed by atoms with Crippen LogP contribution in [0.5, 0.6) is 0 Å². The normalized spacial score (nSPS) is 12.7. The summed E-state index contributed by atoms with van der Waals surface area (Å²) in [6.45, 7) is 4.75. The molecular formula is C49H38N2. The standard InChI is InChI=1S/C49H38N2/c1-49(2)46-33-35(27-29-43(46)44-30-28-40(34-47(44)49)50(36-17-7-3-8-18-36)37-19-9-4-10-20-37)41-31-32-48(45-26-16-15-25-42(41)45)51(38-21-11-5-12-22-38)39-23-13-6-14-24-39/h3-34H,1-2H3. The molecule has 0 aromatic heterocycles. The Hall–Kier alpha value is -6.38. The van der Waals surface area contributed by atoms with Crippen molar-refractivity contribution in [1.29, 1.82) is 0 Å². The van der Waals surface area contributed by atoms with Gasteiger partial charge < -0.3 is 9.80 Å². The molecule has 0 fully saturated rings. The highest BCUT2D eigenvalue weighted by Gasteiger charge is 2.36. The summed E-state index contributed by atoms with van der Waals surface area (Å²) in [7, 11) is 0. The van der Waals surface area contributed by atoms with Crippen LogP contribution in [-0.4, -0.2) is 0 Å². The number of fused-ring (bicyclic) bond motifs is 4. The number of nitrogens with zero attached hydrogens (tertiary/aromatic N) is 2. The lowest BCUT2D eigenvalue weighted by molar-refractivity contribution is 0.660. The Balaban J connectivity index is 1.14. The lowest BCUT2D eigenvalue weighted by Crippen LogP contribution is -2.16. The van der Waals surface area contributed by atoms with Crippen molar-refractivity contribution in [2.24, 2.45) is 0 Å². The van der Waals surface area contributed by atoms with Crippen LogP contribution in [0.25, 0.3) is 33.0 Å². The maximum atomic E-state index is 2.44. The molecular weight excluding hydrogens is 617 g/mol. The molecule has 0 unspecified atom stereocenters. The molecule has 51 heavy (non-hydrogen) atoms. The number of anilines is 6. The molecule has 0 bridgehead atoms. The molecule has 0 heterocycles. The van der Waals surface area contributed by atoms with Crippen LogP contribution in [0.3, 0.4) is 0 Å². The minimum absolute atomic E-state index is 0.178. The molecule has 2 nitrogen and oxygen atoms in total. The Bertz CT molecular complexity index is 2410. The Morgan fingerprint density at radius 1 is 0.333 bits per heavy atom. The fraction of sp³-hybridized carbons (Fsp3) is 0.0612. The number of para-hydroxylation sites is 4. The Morgan fingerprint density at radius 3 is 1.31 bits per heavy atom. The first-order valence-electron chi connectivity index (χ1n) is 17.7. The Kier molecular flexibility index (Phi) is 7.51. The van der Waals surface area contributed by atoms with Crippen LogP contribution >= 0.6 is 0 Å². The van der Waals surface area contributed by atoms with Crippen LogP contribution in [0, 0.1) is 0 Å². The van der Waals surface area contributed by atoms with Crippen molar-refractivity contribution in [3.63, 3.8) is 0 Å². The summed E-state index contributed by atoms with van der Waals surface area (Å²) in [5.74, 6) is 0. The summed E-state index contributed by atoms with van der Waals surface area (Å²) in [5, 5.41) is 2.46. The van der Waals surface area contributed by atoms with Gasteiger partial charge in [0, 0.05) is 39.2 Å². The van der Waals surface area contributed by atoms with E-state index in [2.05, 4.69) is 218 Å². The van der Waals surface area contributed by atoms with Gasteiger partial charge >= 0.3 is 0 Å². The van der Waals surface area contributed by atoms with Crippen LogP contribution in [0.2, 0.25) is 0 Å². The summed E-state index contributed by atoms with van der Waals surface area (Å²) < 4.78 is 0. The molecule has 2 heteroatoms. The summed E-state index contributed by atoms with van der Waals surface area (Å²) in [5.41, 5.74) is 14.5. The summed E-state index contributed by atoms with van der Waals surface area (Å²) >= 11 is 0. The quantitative estimate of drug-likeness (QED) is 0.169. The van der Waals surface area contributed by atoms with Crippen molar-refractivity contribution in [2.75, 3.05) is 9.80 Å². The second kappa shape index (κ2) is 12.5. The molecule has 8 aromatic rings. The number of hydrogen-bond donors (Lipinski definition) is 0. The van der Waals surface area contributed by atoms with E-state index in [1.165, 1.54) is 44.2 Å². The van der Waals surface area contributed by atoms with Gasteiger partial charge in [-0.05, 0) is 112 Å². The van der Waals surface area contributed by atoms with Gasteiger partial charge in [-0.25, -0.2) is 0 Å². The van der Waals surface area contributed by atoms with Gasteiger partial charge in [-0.1, -0.05) is 135 Å². The van der Waals surface area contributed by atoms with Gasteiger partial charge in [-0.2, -0.15) is 0 Å². The van der Waals surface area contributed by atoms with Crippen LogP contribution in [0.4, 0.5) is 34.1 Å². The molecule has 9 rings (SSSR count). The number of rotatable bonds is 7. The molecule has 244 valence electrons. The van der Waals surface area contributed by atoms with Gasteiger partial charge in [0.05, 0.1) is 5.69 Å². The molecule has 0 aliphatic heterocycles. The summed E-state index contributed by atoms with van der Waals surface area (Å²) in [4.78, 5) is 4.72. The van der Waals surface area contributed by atoms with Crippen LogP contribution in [-0.2, 0) is 5.41 Å². The fourth-order valence-corrected chi connectivity index (χ4v) is 7.94. The van der Waals surface area contributed by atoms with E-state index in [9.17, 15) is 0 Å². The fourth-order valence-electron chi connectivity index (χ4n) is 7.94. The summed E-state index contributed by atoms with van der Waals surface area (Å²) in [6, 6.07) is 70.1. The highest BCUT2D eigenvalue weighted by atomic mass is 15.1. The van der Waals surface area contributed by atoms with Crippen molar-refractivity contribution in [3.8, 4) is 22.3 Å². The van der Waals surface area contributed by atoms with Crippen LogP contribution in [0.1, 0.15) is 25.0 Å². The second-order valence-electron chi connectivity index (χ2n) is 13.8. The third-order valence-electron chi connectivity index (χ3n) is 10.4. The third kappa shape index (κ3) is 5.28. The summed E-state index contributed by atoms with van der Waals surface area (Å²) in [6.07, 6.45) is 0. The Labute approximate surface area is 300 Å². The van der Waals surface area contributed by atoms with E-state index < -0.39 is 0 Å². The molecule has 0 saturated heterocycles. The predicted molar refractivity (Wildman–Crippen MR) is 216 cm³/mol. The molecule has 0 radical (unpaired) electrons. The van der Waals surface area contributed by atoms with E-state index >= 15 is 0 Å². The molecule has 1 aliphatic rings. The maximum absolute atomic E-state index is 2.44. The molecule has 0 spiro atoms. The minimum atomic E-state index is -0.178. The molecule has 0 N–H and O–H groups in total. The van der Waals surface area contributed by atoms with E-state index in [0.29, 0.717) is 0 Å². The zero-order valence-electron chi connectivity index (χ0n) is 28.9. The zero-order valence-corrected chi connectivity index (χ0v) is 28.9. The molecule has 1 aliphatic carbocycles. The van der Waals surface area contributed by atoms with Crippen molar-refractivity contribution in [1.82, 2.24) is 0 Å². The van der Waals surface area contributed by atoms with Crippen molar-refractivity contribution < 1.29 is 0 Å². The average molecular weight is 655 g/mol. The first-order valence-corrected chi connectivity index (χ1v) is 17.7. The van der Waals surface area contributed by atoms with Gasteiger partial charge in [-0.3, -0.25) is 0 Å². The monoisotopic (exact) mass is 654 g/mol. The van der Waals surface area contributed by atoms with Crippen molar-refractivity contribution in [3.05, 3.63) is 205 Å². The zero-order chi connectivity index (χ0) is 34.4. The van der Waals surface area contributed by atoms with Crippen molar-refractivity contribution in [2.45, 2.75) is 19.3 Å². The molecule has 0 atom stereocenters. The van der Waals surface area contributed by atoms with Gasteiger partial charge in [0.25, 0.3) is 0 Å². The van der Waals surface area contributed by atoms with E-state index in [1.807, 2.05) is 0 Å². The largest absolute Gasteiger partial charge is 0.310 e. The lowest BCUT2D eigenvalue weighted by atomic mass is 9.81. The Morgan fingerprint density at radius 2 is 0.765 bits per heavy atom. The number of benzene rings is 8. The lowest BCUT2D eigenvalue weighted by Gasteiger charge is -2.28. The van der Waals surface area contributed by atoms with Gasteiger partial charge in [0.15, 0.2) is 0 Å². The topological polar surface area (TPSA) is 6.48 Å². The van der Waals surface area contributed by atoms with Crippen LogP contribution < -0.4 is 9.80 Å². The maximum Gasteiger partial charge on any atom is 0.0540 e. The first kappa shape index (κ1) is 30.7. The van der Waals surface area contributed by atoms with E-state index in [4.69, 9.17) is 0 Å². The molecule has 0 saturated carbocycles. The van der Waals surface area contributed by atoms with Gasteiger partial charge in [0.1, 0.15) is 0 Å². The molecule has 8 aromatic carbocycles. The number of hydrogen-bond acceptors (Lipinski definition) is 2. The van der Waals surface area contributed by atoms with Gasteiger partial charge in [0.2, 0.25) is 0 Å². The first-order chi connectivity index (χ1) is 25.1. The smallest absolute Gasteiger partial charge is 0.0540 e. The average Bonchev–Trinajstić information content (AvgIpc) is 3.41. The van der Waals surface area contributed by atoms with Crippen molar-refractivity contribution >= 4 is 44.9 Å². The third-order valence-corrected chi connectivity index (χ3v) is 10.4. The second-order valence-corrected chi connectivity index (χ2v) is 13.8. The van der Waals surface area contributed by atoms with Gasteiger partial charge in [-0.15, -0.1) is 0 Å². The predicted octanol–water partition coefficient (Wildman–Crippen LogP) is 13.8. The van der Waals surface area contributed by atoms with E-state index in [-0.39, 0.29) is 5.41 Å². The molecule has 0 amide bonds. The highest BCUT2D eigenvalue weighted by molar-refractivity contribution is 6.06.